The Morgan fingerprint density at radius 2 is 2.18 bits per heavy atom. The molecule has 2 aromatic rings. The average Bonchev–Trinajstić information content (AvgIpc) is 3.11. The van der Waals surface area contributed by atoms with Crippen molar-refractivity contribution in [3.8, 4) is 17.2 Å². The summed E-state index contributed by atoms with van der Waals surface area (Å²) in [6.07, 6.45) is 0.474. The van der Waals surface area contributed by atoms with E-state index < -0.39 is 0 Å². The van der Waals surface area contributed by atoms with Crippen LogP contribution in [0.1, 0.15) is 27.9 Å². The maximum absolute atomic E-state index is 13.0. The van der Waals surface area contributed by atoms with E-state index in [-0.39, 0.29) is 18.6 Å². The Bertz CT molecular complexity index is 981. The Kier molecular flexibility index (Phi) is 5.98. The zero-order chi connectivity index (χ0) is 20.3. The number of hydrogen-bond donors (Lipinski definition) is 1. The van der Waals surface area contributed by atoms with Gasteiger partial charge in [-0.2, -0.15) is 5.26 Å². The minimum absolute atomic E-state index is 0.152. The molecule has 0 unspecified atom stereocenters. The van der Waals surface area contributed by atoms with Crippen molar-refractivity contribution in [2.24, 2.45) is 5.16 Å². The van der Waals surface area contributed by atoms with Crippen molar-refractivity contribution in [3.05, 3.63) is 58.1 Å². The van der Waals surface area contributed by atoms with Gasteiger partial charge in [0.15, 0.2) is 0 Å². The fraction of sp³-hybridized carbons (Fsp3) is 0.286. The van der Waals surface area contributed by atoms with Gasteiger partial charge in [0.05, 0.1) is 36.5 Å². The lowest BCUT2D eigenvalue weighted by Crippen LogP contribution is -2.37. The van der Waals surface area contributed by atoms with E-state index in [1.807, 2.05) is 19.1 Å². The molecule has 0 spiro atoms. The summed E-state index contributed by atoms with van der Waals surface area (Å²) in [7, 11) is 1.45. The van der Waals surface area contributed by atoms with E-state index in [1.54, 1.807) is 29.2 Å². The number of oxime groups is 1. The van der Waals surface area contributed by atoms with Gasteiger partial charge in [-0.25, -0.2) is 0 Å². The molecule has 3 rings (SSSR count). The van der Waals surface area contributed by atoms with Gasteiger partial charge in [-0.15, -0.1) is 0 Å². The molecule has 0 aromatic heterocycles. The van der Waals surface area contributed by atoms with E-state index in [0.29, 0.717) is 34.8 Å². The third-order valence-electron chi connectivity index (χ3n) is 4.92. The number of benzene rings is 2. The van der Waals surface area contributed by atoms with Gasteiger partial charge >= 0.3 is 0 Å². The Labute approximate surface area is 168 Å². The number of likely N-dealkylation sites (tertiary alicyclic amines) is 1. The first kappa shape index (κ1) is 19.9. The highest BCUT2D eigenvalue weighted by molar-refractivity contribution is 6.33. The molecule has 1 atom stereocenters. The van der Waals surface area contributed by atoms with Crippen LogP contribution in [-0.4, -0.2) is 47.9 Å². The molecule has 1 saturated heterocycles. The zero-order valence-electron chi connectivity index (χ0n) is 15.6. The van der Waals surface area contributed by atoms with Crippen molar-refractivity contribution in [2.45, 2.75) is 19.4 Å². The molecular weight excluding hydrogens is 378 g/mol. The number of rotatable bonds is 4. The monoisotopic (exact) mass is 397 g/mol. The van der Waals surface area contributed by atoms with Crippen LogP contribution in [0.5, 0.6) is 0 Å². The molecule has 0 saturated carbocycles. The van der Waals surface area contributed by atoms with E-state index >= 15 is 0 Å². The van der Waals surface area contributed by atoms with Crippen LogP contribution in [0.3, 0.4) is 0 Å². The summed E-state index contributed by atoms with van der Waals surface area (Å²) in [5.41, 5.74) is 4.18. The summed E-state index contributed by atoms with van der Waals surface area (Å²) in [6, 6.07) is 12.4. The van der Waals surface area contributed by atoms with E-state index in [1.165, 1.54) is 7.11 Å². The molecule has 28 heavy (non-hydrogen) atoms. The molecule has 7 heteroatoms. The highest BCUT2D eigenvalue weighted by atomic mass is 35.5. The van der Waals surface area contributed by atoms with Crippen LogP contribution in [0.2, 0.25) is 5.02 Å². The lowest BCUT2D eigenvalue weighted by molar-refractivity contribution is 0.0680. The number of hydrogen-bond acceptors (Lipinski definition) is 5. The maximum Gasteiger partial charge on any atom is 0.254 e. The first-order chi connectivity index (χ1) is 13.5. The quantitative estimate of drug-likeness (QED) is 0.801. The third kappa shape index (κ3) is 3.72. The number of nitriles is 1. The standard InChI is InChI=1S/C21H20ClN3O3/c1-13-15(10-23)4-3-5-18(13)19-7-6-14(8-20(19)22)21(27)25-11-16(24-28-2)9-17(25)12-26/h3-8,17,26H,9,11-12H2,1-2H3/b24-16+/t17-/m0/s1. The summed E-state index contributed by atoms with van der Waals surface area (Å²) in [6.45, 7) is 2.02. The van der Waals surface area contributed by atoms with Crippen LogP contribution in [0.15, 0.2) is 41.6 Å². The van der Waals surface area contributed by atoms with Crippen LogP contribution in [0, 0.1) is 18.3 Å². The number of nitrogens with zero attached hydrogens (tertiary/aromatic N) is 3. The second kappa shape index (κ2) is 8.42. The molecule has 144 valence electrons. The van der Waals surface area contributed by atoms with Crippen molar-refractivity contribution in [1.29, 1.82) is 5.26 Å². The van der Waals surface area contributed by atoms with Crippen molar-refractivity contribution in [1.82, 2.24) is 4.90 Å². The Morgan fingerprint density at radius 3 is 2.82 bits per heavy atom. The first-order valence-electron chi connectivity index (χ1n) is 8.80. The minimum Gasteiger partial charge on any atom is -0.399 e. The average molecular weight is 398 g/mol. The van der Waals surface area contributed by atoms with Gasteiger partial charge in [-0.1, -0.05) is 35.0 Å². The molecule has 1 N–H and O–H groups in total. The molecule has 1 amide bonds. The fourth-order valence-electron chi connectivity index (χ4n) is 3.45. The lowest BCUT2D eigenvalue weighted by atomic mass is 9.96. The molecule has 1 aliphatic rings. The molecule has 1 aliphatic heterocycles. The van der Waals surface area contributed by atoms with E-state index in [9.17, 15) is 15.2 Å². The molecule has 0 aliphatic carbocycles. The molecular formula is C21H20ClN3O3. The smallest absolute Gasteiger partial charge is 0.254 e. The Morgan fingerprint density at radius 1 is 1.39 bits per heavy atom. The molecule has 1 fully saturated rings. The summed E-state index contributed by atoms with van der Waals surface area (Å²) in [5.74, 6) is -0.226. The first-order valence-corrected chi connectivity index (χ1v) is 9.18. The maximum atomic E-state index is 13.0. The van der Waals surface area contributed by atoms with Crippen LogP contribution in [0.4, 0.5) is 0 Å². The molecule has 0 radical (unpaired) electrons. The van der Waals surface area contributed by atoms with Gasteiger partial charge in [0.25, 0.3) is 5.91 Å². The SMILES string of the molecule is CO/N=C1\C[C@@H](CO)N(C(=O)c2ccc(-c3cccc(C#N)c3C)c(Cl)c2)C1. The van der Waals surface area contributed by atoms with Gasteiger partial charge < -0.3 is 14.8 Å². The van der Waals surface area contributed by atoms with Crippen LogP contribution in [-0.2, 0) is 4.84 Å². The second-order valence-electron chi connectivity index (χ2n) is 6.60. The Balaban J connectivity index is 1.92. The van der Waals surface area contributed by atoms with Crippen molar-refractivity contribution >= 4 is 23.2 Å². The van der Waals surface area contributed by atoms with E-state index in [0.717, 1.165) is 16.7 Å². The van der Waals surface area contributed by atoms with E-state index in [2.05, 4.69) is 11.2 Å². The molecule has 1 heterocycles. The van der Waals surface area contributed by atoms with Gasteiger partial charge in [-0.05, 0) is 36.2 Å². The number of carbonyl (C=O) groups excluding carboxylic acids is 1. The number of carbonyl (C=O) groups is 1. The number of aliphatic hydroxyl groups excluding tert-OH is 1. The van der Waals surface area contributed by atoms with Crippen molar-refractivity contribution in [3.63, 3.8) is 0 Å². The molecule has 6 nitrogen and oxygen atoms in total. The summed E-state index contributed by atoms with van der Waals surface area (Å²) >= 11 is 6.48. The number of aliphatic hydroxyl groups is 1. The van der Waals surface area contributed by atoms with Crippen LogP contribution < -0.4 is 0 Å². The van der Waals surface area contributed by atoms with Crippen LogP contribution >= 0.6 is 11.6 Å². The summed E-state index contributed by atoms with van der Waals surface area (Å²) in [5, 5.41) is 23.2. The van der Waals surface area contributed by atoms with Crippen molar-refractivity contribution in [2.75, 3.05) is 20.3 Å². The number of amides is 1. The van der Waals surface area contributed by atoms with E-state index in [4.69, 9.17) is 16.4 Å². The zero-order valence-corrected chi connectivity index (χ0v) is 16.4. The predicted molar refractivity (Wildman–Crippen MR) is 107 cm³/mol. The summed E-state index contributed by atoms with van der Waals surface area (Å²) < 4.78 is 0. The minimum atomic E-state index is -0.339. The van der Waals surface area contributed by atoms with Gasteiger partial charge in [-0.3, -0.25) is 4.79 Å². The second-order valence-corrected chi connectivity index (χ2v) is 7.01. The fourth-order valence-corrected chi connectivity index (χ4v) is 3.73. The molecule has 2 aromatic carbocycles. The highest BCUT2D eigenvalue weighted by Gasteiger charge is 2.33. The Hall–Kier alpha value is -2.88. The predicted octanol–water partition coefficient (Wildman–Crippen LogP) is 3.40. The largest absolute Gasteiger partial charge is 0.399 e. The number of halogens is 1. The van der Waals surface area contributed by atoms with Gasteiger partial charge in [0.1, 0.15) is 7.11 Å². The molecule has 0 bridgehead atoms. The van der Waals surface area contributed by atoms with Crippen LogP contribution in [0.25, 0.3) is 11.1 Å². The van der Waals surface area contributed by atoms with Gasteiger partial charge in [0.2, 0.25) is 0 Å². The normalized spacial score (nSPS) is 17.6. The topological polar surface area (TPSA) is 85.9 Å². The lowest BCUT2D eigenvalue weighted by Gasteiger charge is -2.22. The third-order valence-corrected chi connectivity index (χ3v) is 5.23. The summed E-state index contributed by atoms with van der Waals surface area (Å²) in [4.78, 5) is 19.3. The van der Waals surface area contributed by atoms with Gasteiger partial charge in [0, 0.05) is 22.6 Å². The highest BCUT2D eigenvalue weighted by Crippen LogP contribution is 2.33. The van der Waals surface area contributed by atoms with Crippen molar-refractivity contribution < 1.29 is 14.7 Å².